The number of ether oxygens (including phenoxy) is 1. The zero-order valence-corrected chi connectivity index (χ0v) is 14.5. The molecule has 1 atom stereocenters. The second kappa shape index (κ2) is 8.89. The second-order valence-electron chi connectivity index (χ2n) is 6.46. The van der Waals surface area contributed by atoms with Crippen LogP contribution in [-0.4, -0.2) is 60.8 Å². The summed E-state index contributed by atoms with van der Waals surface area (Å²) < 4.78 is 5.29. The molecule has 0 saturated carbocycles. The molecule has 1 heterocycles. The van der Waals surface area contributed by atoms with Crippen molar-refractivity contribution < 1.29 is 9.53 Å². The molecule has 0 radical (unpaired) electrons. The van der Waals surface area contributed by atoms with Gasteiger partial charge in [0.2, 0.25) is 0 Å². The first-order chi connectivity index (χ1) is 11.1. The van der Waals surface area contributed by atoms with E-state index in [4.69, 9.17) is 4.74 Å². The Bertz CT molecular complexity index is 472. The van der Waals surface area contributed by atoms with Gasteiger partial charge in [0.25, 0.3) is 0 Å². The maximum atomic E-state index is 12.3. The molecule has 0 spiro atoms. The lowest BCUT2D eigenvalue weighted by atomic mass is 10.1. The van der Waals surface area contributed by atoms with Gasteiger partial charge in [0.1, 0.15) is 0 Å². The summed E-state index contributed by atoms with van der Waals surface area (Å²) in [6, 6.07) is 11.0. The predicted molar refractivity (Wildman–Crippen MR) is 92.4 cm³/mol. The van der Waals surface area contributed by atoms with Crippen LogP contribution in [0.15, 0.2) is 30.3 Å². The minimum Gasteiger partial charge on any atom is -0.378 e. The van der Waals surface area contributed by atoms with Gasteiger partial charge in [-0.2, -0.15) is 0 Å². The van der Waals surface area contributed by atoms with E-state index in [0.29, 0.717) is 32.3 Å². The van der Waals surface area contributed by atoms with E-state index < -0.39 is 0 Å². The van der Waals surface area contributed by atoms with Crippen molar-refractivity contribution in [3.05, 3.63) is 35.9 Å². The molecule has 5 heteroatoms. The number of hydrogen-bond donors (Lipinski definition) is 1. The van der Waals surface area contributed by atoms with Crippen LogP contribution in [0.2, 0.25) is 0 Å². The van der Waals surface area contributed by atoms with E-state index in [1.54, 1.807) is 0 Å². The van der Waals surface area contributed by atoms with Crippen LogP contribution in [0.5, 0.6) is 0 Å². The molecule has 2 rings (SSSR count). The van der Waals surface area contributed by atoms with Gasteiger partial charge in [-0.1, -0.05) is 30.3 Å². The van der Waals surface area contributed by atoms with E-state index in [2.05, 4.69) is 55.3 Å². The Kier molecular flexibility index (Phi) is 6.86. The van der Waals surface area contributed by atoms with Crippen LogP contribution in [0.4, 0.5) is 4.79 Å². The minimum atomic E-state index is 0.0178. The molecule has 5 nitrogen and oxygen atoms in total. The lowest BCUT2D eigenvalue weighted by Gasteiger charge is -2.32. The quantitative estimate of drug-likeness (QED) is 0.875. The maximum absolute atomic E-state index is 12.3. The third-order valence-corrected chi connectivity index (χ3v) is 4.14. The van der Waals surface area contributed by atoms with Gasteiger partial charge in [-0.15, -0.1) is 0 Å². The van der Waals surface area contributed by atoms with Crippen LogP contribution in [-0.2, 0) is 11.3 Å². The summed E-state index contributed by atoms with van der Waals surface area (Å²) >= 11 is 0. The molecule has 0 aromatic heterocycles. The van der Waals surface area contributed by atoms with Crippen LogP contribution >= 0.6 is 0 Å². The molecule has 2 amide bonds. The van der Waals surface area contributed by atoms with E-state index in [1.165, 1.54) is 5.56 Å². The number of nitrogens with zero attached hydrogens (tertiary/aromatic N) is 2. The van der Waals surface area contributed by atoms with Gasteiger partial charge in [0.05, 0.1) is 13.2 Å². The Morgan fingerprint density at radius 1 is 1.22 bits per heavy atom. The molecule has 23 heavy (non-hydrogen) atoms. The van der Waals surface area contributed by atoms with Gasteiger partial charge in [0.15, 0.2) is 0 Å². The first-order valence-electron chi connectivity index (χ1n) is 8.47. The van der Waals surface area contributed by atoms with Gasteiger partial charge in [-0.3, -0.25) is 4.90 Å². The third kappa shape index (κ3) is 5.84. The smallest absolute Gasteiger partial charge is 0.317 e. The molecule has 128 valence electrons. The molecule has 1 unspecified atom stereocenters. The van der Waals surface area contributed by atoms with E-state index in [0.717, 1.165) is 13.1 Å². The van der Waals surface area contributed by atoms with Crippen LogP contribution in [0.25, 0.3) is 0 Å². The number of nitrogens with one attached hydrogen (secondary N) is 1. The Morgan fingerprint density at radius 2 is 1.87 bits per heavy atom. The fourth-order valence-electron chi connectivity index (χ4n) is 2.74. The molecule has 1 aliphatic rings. The zero-order valence-electron chi connectivity index (χ0n) is 14.5. The molecular formula is C18H29N3O2. The van der Waals surface area contributed by atoms with E-state index in [9.17, 15) is 4.79 Å². The third-order valence-electron chi connectivity index (χ3n) is 4.14. The highest BCUT2D eigenvalue weighted by Gasteiger charge is 2.20. The van der Waals surface area contributed by atoms with Crippen molar-refractivity contribution >= 4 is 6.03 Å². The number of morpholine rings is 1. The van der Waals surface area contributed by atoms with Crippen LogP contribution in [0, 0.1) is 0 Å². The summed E-state index contributed by atoms with van der Waals surface area (Å²) in [7, 11) is 0. The Morgan fingerprint density at radius 3 is 2.48 bits per heavy atom. The minimum absolute atomic E-state index is 0.0178. The number of hydrogen-bond acceptors (Lipinski definition) is 3. The lowest BCUT2D eigenvalue weighted by molar-refractivity contribution is 0.0520. The largest absolute Gasteiger partial charge is 0.378 e. The maximum Gasteiger partial charge on any atom is 0.317 e. The van der Waals surface area contributed by atoms with E-state index >= 15 is 0 Å². The molecule has 1 aromatic rings. The molecule has 1 aromatic carbocycles. The number of carbonyl (C=O) groups excluding carboxylic acids is 1. The highest BCUT2D eigenvalue weighted by molar-refractivity contribution is 5.74. The first-order valence-corrected chi connectivity index (χ1v) is 8.47. The van der Waals surface area contributed by atoms with Gasteiger partial charge in [0, 0.05) is 38.3 Å². The Balaban J connectivity index is 1.85. The number of rotatable bonds is 6. The summed E-state index contributed by atoms with van der Waals surface area (Å²) in [5, 5.41) is 3.11. The van der Waals surface area contributed by atoms with Crippen molar-refractivity contribution in [1.82, 2.24) is 15.1 Å². The van der Waals surface area contributed by atoms with E-state index in [1.807, 2.05) is 11.0 Å². The first kappa shape index (κ1) is 17.8. The molecule has 1 N–H and O–H groups in total. The summed E-state index contributed by atoms with van der Waals surface area (Å²) in [6.07, 6.45) is 0. The number of urea groups is 1. The summed E-state index contributed by atoms with van der Waals surface area (Å²) in [6.45, 7) is 10.8. The van der Waals surface area contributed by atoms with Crippen molar-refractivity contribution in [2.24, 2.45) is 0 Å². The number of carbonyl (C=O) groups is 1. The average molecular weight is 319 g/mol. The van der Waals surface area contributed by atoms with Gasteiger partial charge >= 0.3 is 6.03 Å². The van der Waals surface area contributed by atoms with Crippen molar-refractivity contribution in [2.45, 2.75) is 39.4 Å². The average Bonchev–Trinajstić information content (AvgIpc) is 2.56. The topological polar surface area (TPSA) is 44.8 Å². The molecule has 0 aliphatic carbocycles. The summed E-state index contributed by atoms with van der Waals surface area (Å²) in [5.74, 6) is 0. The van der Waals surface area contributed by atoms with Gasteiger partial charge < -0.3 is 15.0 Å². The molecule has 1 aliphatic heterocycles. The number of benzene rings is 1. The molecular weight excluding hydrogens is 290 g/mol. The fourth-order valence-corrected chi connectivity index (χ4v) is 2.74. The van der Waals surface area contributed by atoms with Crippen LogP contribution < -0.4 is 5.32 Å². The Hall–Kier alpha value is -1.59. The van der Waals surface area contributed by atoms with Crippen molar-refractivity contribution in [1.29, 1.82) is 0 Å². The molecule has 0 bridgehead atoms. The highest BCUT2D eigenvalue weighted by atomic mass is 16.5. The highest BCUT2D eigenvalue weighted by Crippen LogP contribution is 2.09. The Labute approximate surface area is 139 Å². The SMILES string of the molecule is CC(CN(Cc1ccccc1)C(C)C)NC(=O)N1CCOCC1. The molecule has 1 saturated heterocycles. The molecule has 1 fully saturated rings. The van der Waals surface area contributed by atoms with Crippen LogP contribution in [0.3, 0.4) is 0 Å². The lowest BCUT2D eigenvalue weighted by Crippen LogP contribution is -2.51. The zero-order chi connectivity index (χ0) is 16.7. The monoisotopic (exact) mass is 319 g/mol. The van der Waals surface area contributed by atoms with Crippen LogP contribution in [0.1, 0.15) is 26.3 Å². The van der Waals surface area contributed by atoms with Crippen molar-refractivity contribution in [3.8, 4) is 0 Å². The normalized spacial score (nSPS) is 16.7. The second-order valence-corrected chi connectivity index (χ2v) is 6.46. The summed E-state index contributed by atoms with van der Waals surface area (Å²) in [4.78, 5) is 16.5. The fraction of sp³-hybridized carbons (Fsp3) is 0.611. The standard InChI is InChI=1S/C18H29N3O2/c1-15(2)21(14-17-7-5-4-6-8-17)13-16(3)19-18(22)20-9-11-23-12-10-20/h4-8,15-16H,9-14H2,1-3H3,(H,19,22). The predicted octanol–water partition coefficient (Wildman–Crippen LogP) is 2.33. The number of amides is 2. The summed E-state index contributed by atoms with van der Waals surface area (Å²) in [5.41, 5.74) is 1.30. The van der Waals surface area contributed by atoms with Crippen molar-refractivity contribution in [2.75, 3.05) is 32.8 Å². The van der Waals surface area contributed by atoms with Crippen molar-refractivity contribution in [3.63, 3.8) is 0 Å². The van der Waals surface area contributed by atoms with Gasteiger partial charge in [-0.25, -0.2) is 4.79 Å². The van der Waals surface area contributed by atoms with E-state index in [-0.39, 0.29) is 12.1 Å². The van der Waals surface area contributed by atoms with Gasteiger partial charge in [-0.05, 0) is 26.3 Å².